The van der Waals surface area contributed by atoms with E-state index in [0.29, 0.717) is 18.4 Å². The molecule has 0 radical (unpaired) electrons. The number of rotatable bonds is 4. The number of hydrogen-bond acceptors (Lipinski definition) is 4. The highest BCUT2D eigenvalue weighted by Crippen LogP contribution is 2.53. The van der Waals surface area contributed by atoms with Gasteiger partial charge in [0.2, 0.25) is 5.91 Å². The van der Waals surface area contributed by atoms with E-state index in [4.69, 9.17) is 4.74 Å². The average molecular weight is 506 g/mol. The molecule has 1 aliphatic carbocycles. The molecule has 37 heavy (non-hydrogen) atoms. The van der Waals surface area contributed by atoms with Gasteiger partial charge in [-0.15, -0.1) is 0 Å². The fraction of sp³-hybridized carbons (Fsp3) is 0.548. The first kappa shape index (κ1) is 27.2. The molecule has 2 aliphatic heterocycles. The Kier molecular flexibility index (Phi) is 9.25. The highest BCUT2D eigenvalue weighted by molar-refractivity contribution is 5.72. The van der Waals surface area contributed by atoms with Crippen LogP contribution in [0.1, 0.15) is 62.1 Å². The Morgan fingerprint density at radius 1 is 0.946 bits per heavy atom. The van der Waals surface area contributed by atoms with Gasteiger partial charge in [-0.25, -0.2) is 4.79 Å². The van der Waals surface area contributed by atoms with Crippen LogP contribution in [0.5, 0.6) is 0 Å². The van der Waals surface area contributed by atoms with Gasteiger partial charge in [-0.1, -0.05) is 67.4 Å². The van der Waals surface area contributed by atoms with Crippen molar-refractivity contribution in [2.75, 3.05) is 33.8 Å². The fourth-order valence-electron chi connectivity index (χ4n) is 6.95. The number of nitrogens with one attached hydrogen (secondary N) is 1. The van der Waals surface area contributed by atoms with E-state index in [1.54, 1.807) is 7.05 Å². The summed E-state index contributed by atoms with van der Waals surface area (Å²) in [5.41, 5.74) is 4.30. The molecular weight excluding hydrogens is 462 g/mol. The van der Waals surface area contributed by atoms with Gasteiger partial charge in [-0.2, -0.15) is 0 Å². The van der Waals surface area contributed by atoms with Gasteiger partial charge >= 0.3 is 6.09 Å². The quantitative estimate of drug-likeness (QED) is 0.608. The van der Waals surface area contributed by atoms with Gasteiger partial charge in [-0.3, -0.25) is 9.69 Å². The van der Waals surface area contributed by atoms with E-state index in [2.05, 4.69) is 64.8 Å². The molecule has 200 valence electrons. The molecule has 3 aliphatic rings. The molecule has 5 rings (SSSR count). The lowest BCUT2D eigenvalue weighted by atomic mass is 9.57. The number of amides is 2. The van der Waals surface area contributed by atoms with E-state index in [-0.39, 0.29) is 17.4 Å². The molecule has 2 fully saturated rings. The highest BCUT2D eigenvalue weighted by Gasteiger charge is 2.52. The van der Waals surface area contributed by atoms with Crippen molar-refractivity contribution >= 4 is 12.0 Å². The largest absolute Gasteiger partial charge is 0.453 e. The zero-order chi connectivity index (χ0) is 26.3. The summed E-state index contributed by atoms with van der Waals surface area (Å²) in [6.45, 7) is 6.26. The van der Waals surface area contributed by atoms with E-state index >= 15 is 0 Å². The van der Waals surface area contributed by atoms with Crippen LogP contribution in [0.25, 0.3) is 0 Å². The second-order valence-corrected chi connectivity index (χ2v) is 10.8. The van der Waals surface area contributed by atoms with Gasteiger partial charge in [0.1, 0.15) is 0 Å². The number of nitrogens with zero attached hydrogens (tertiary/aromatic N) is 2. The minimum Gasteiger partial charge on any atom is -0.453 e. The molecule has 1 atom stereocenters. The Morgan fingerprint density at radius 2 is 1.54 bits per heavy atom. The average Bonchev–Trinajstić information content (AvgIpc) is 3.49. The van der Waals surface area contributed by atoms with Gasteiger partial charge < -0.3 is 15.0 Å². The number of piperidine rings is 1. The number of likely N-dealkylation sites (tertiary alicyclic amines) is 1. The Labute approximate surface area is 222 Å². The predicted octanol–water partition coefficient (Wildman–Crippen LogP) is 5.36. The van der Waals surface area contributed by atoms with Crippen LogP contribution >= 0.6 is 0 Å². The summed E-state index contributed by atoms with van der Waals surface area (Å²) in [6, 6.07) is 19.8. The lowest BCUT2D eigenvalue weighted by molar-refractivity contribution is -0.118. The summed E-state index contributed by atoms with van der Waals surface area (Å²) in [5.74, 6) is 1.26. The van der Waals surface area contributed by atoms with Crippen LogP contribution in [0.15, 0.2) is 54.6 Å². The minimum absolute atomic E-state index is 0.00463. The Hall–Kier alpha value is -2.86. The van der Waals surface area contributed by atoms with Crippen molar-refractivity contribution in [1.29, 1.82) is 0 Å². The highest BCUT2D eigenvalue weighted by atomic mass is 16.5. The third-order valence-electron chi connectivity index (χ3n) is 8.77. The van der Waals surface area contributed by atoms with Gasteiger partial charge in [0.05, 0.1) is 7.11 Å². The van der Waals surface area contributed by atoms with Gasteiger partial charge in [-0.05, 0) is 67.3 Å². The first-order valence-corrected chi connectivity index (χ1v) is 13.8. The summed E-state index contributed by atoms with van der Waals surface area (Å²) >= 11 is 0. The number of ether oxygens (including phenoxy) is 1. The number of carbonyl (C=O) groups excluding carboxylic acids is 2. The zero-order valence-corrected chi connectivity index (χ0v) is 22.7. The second-order valence-electron chi connectivity index (χ2n) is 10.8. The first-order valence-electron chi connectivity index (χ1n) is 13.8. The molecule has 2 aromatic rings. The predicted molar refractivity (Wildman–Crippen MR) is 147 cm³/mol. The molecule has 2 amide bonds. The van der Waals surface area contributed by atoms with E-state index in [1.165, 1.54) is 69.2 Å². The summed E-state index contributed by atoms with van der Waals surface area (Å²) < 4.78 is 5.21. The van der Waals surface area contributed by atoms with Gasteiger partial charge in [0.25, 0.3) is 0 Å². The van der Waals surface area contributed by atoms with Gasteiger partial charge in [0.15, 0.2) is 0 Å². The normalized spacial score (nSPS) is 22.5. The number of methoxy groups -OCH3 is 1. The summed E-state index contributed by atoms with van der Waals surface area (Å²) in [7, 11) is 3.12. The van der Waals surface area contributed by atoms with Crippen LogP contribution in [0, 0.1) is 11.8 Å². The van der Waals surface area contributed by atoms with Gasteiger partial charge in [0, 0.05) is 39.0 Å². The molecule has 1 N–H and O–H groups in total. The Balaban J connectivity index is 0.000000586. The van der Waals surface area contributed by atoms with E-state index < -0.39 is 0 Å². The SMILES string of the molecule is CNC(C)=O.COC(=O)N1Cc2ccccc2C(C2CCCC2)(C2CCN(Cc3ccccc3)CC2)C1. The summed E-state index contributed by atoms with van der Waals surface area (Å²) in [4.78, 5) is 27.0. The molecule has 6 heteroatoms. The summed E-state index contributed by atoms with van der Waals surface area (Å²) in [5, 5.41) is 2.39. The second kappa shape index (κ2) is 12.6. The smallest absolute Gasteiger partial charge is 0.409 e. The minimum atomic E-state index is -0.177. The monoisotopic (exact) mass is 505 g/mol. The number of hydrogen-bond donors (Lipinski definition) is 1. The maximum atomic E-state index is 12.7. The summed E-state index contributed by atoms with van der Waals surface area (Å²) in [6.07, 6.45) is 7.43. The van der Waals surface area contributed by atoms with Crippen LogP contribution in [0.3, 0.4) is 0 Å². The van der Waals surface area contributed by atoms with Crippen molar-refractivity contribution in [3.8, 4) is 0 Å². The number of fused-ring (bicyclic) bond motifs is 1. The van der Waals surface area contributed by atoms with E-state index in [9.17, 15) is 9.59 Å². The topological polar surface area (TPSA) is 61.9 Å². The third-order valence-corrected chi connectivity index (χ3v) is 8.77. The van der Waals surface area contributed by atoms with Crippen molar-refractivity contribution < 1.29 is 14.3 Å². The lowest BCUT2D eigenvalue weighted by Crippen LogP contribution is -2.57. The molecule has 0 spiro atoms. The Bertz CT molecular complexity index is 1030. The van der Waals surface area contributed by atoms with Crippen molar-refractivity contribution in [2.45, 2.75) is 64.0 Å². The van der Waals surface area contributed by atoms with Crippen molar-refractivity contribution in [2.24, 2.45) is 11.8 Å². The van der Waals surface area contributed by atoms with E-state index in [0.717, 1.165) is 26.2 Å². The molecular formula is C31H43N3O3. The molecule has 0 bridgehead atoms. The molecule has 1 saturated heterocycles. The maximum Gasteiger partial charge on any atom is 0.409 e. The third kappa shape index (κ3) is 6.18. The van der Waals surface area contributed by atoms with Crippen LogP contribution in [-0.4, -0.2) is 55.6 Å². The maximum absolute atomic E-state index is 12.7. The van der Waals surface area contributed by atoms with Crippen molar-refractivity contribution in [3.63, 3.8) is 0 Å². The number of benzene rings is 2. The Morgan fingerprint density at radius 3 is 2.16 bits per heavy atom. The molecule has 1 unspecified atom stereocenters. The molecule has 2 heterocycles. The van der Waals surface area contributed by atoms with Crippen LogP contribution in [0.2, 0.25) is 0 Å². The van der Waals surface area contributed by atoms with Crippen LogP contribution in [-0.2, 0) is 28.0 Å². The molecule has 1 saturated carbocycles. The molecule has 6 nitrogen and oxygen atoms in total. The molecule has 2 aromatic carbocycles. The zero-order valence-electron chi connectivity index (χ0n) is 22.7. The lowest BCUT2D eigenvalue weighted by Gasteiger charge is -2.53. The first-order chi connectivity index (χ1) is 18.0. The number of carbonyl (C=O) groups is 2. The fourth-order valence-corrected chi connectivity index (χ4v) is 6.95. The van der Waals surface area contributed by atoms with Crippen molar-refractivity contribution in [1.82, 2.24) is 15.1 Å². The van der Waals surface area contributed by atoms with Crippen LogP contribution < -0.4 is 5.32 Å². The van der Waals surface area contributed by atoms with Crippen LogP contribution in [0.4, 0.5) is 4.79 Å². The molecule has 0 aromatic heterocycles. The van der Waals surface area contributed by atoms with Crippen molar-refractivity contribution in [3.05, 3.63) is 71.3 Å². The standard InChI is InChI=1S/C28H36N2O2.C3H7NO/c1-32-27(31)30-20-23-11-5-8-14-26(23)28(21-30,24-12-6-7-13-24)25-15-17-29(18-16-25)19-22-9-3-2-4-10-22;1-3(5)4-2/h2-5,8-11,14,24-25H,6-7,12-13,15-21H2,1H3;1-2H3,(H,4,5). The van der Waals surface area contributed by atoms with E-state index in [1.807, 2.05) is 4.90 Å².